The van der Waals surface area contributed by atoms with Crippen molar-refractivity contribution in [2.45, 2.75) is 10.8 Å². The predicted molar refractivity (Wildman–Crippen MR) is 267 cm³/mol. The van der Waals surface area contributed by atoms with Crippen LogP contribution < -0.4 is 4.90 Å². The fraction of sp³-hybridized carbons (Fsp3) is 0.0323. The summed E-state index contributed by atoms with van der Waals surface area (Å²) in [6, 6.07) is 85.3. The molecule has 0 bridgehead atoms. The third-order valence-electron chi connectivity index (χ3n) is 15.1. The number of anilines is 3. The van der Waals surface area contributed by atoms with Gasteiger partial charge in [-0.15, -0.1) is 11.3 Å². The highest BCUT2D eigenvalue weighted by atomic mass is 32.1. The van der Waals surface area contributed by atoms with E-state index in [0.29, 0.717) is 0 Å². The van der Waals surface area contributed by atoms with Gasteiger partial charge in [-0.05, 0) is 120 Å². The van der Waals surface area contributed by atoms with E-state index in [1.807, 2.05) is 11.3 Å². The molecule has 296 valence electrons. The lowest BCUT2D eigenvalue weighted by Crippen LogP contribution is -2.28. The minimum atomic E-state index is -0.532. The zero-order valence-corrected chi connectivity index (χ0v) is 35.5. The first-order valence-corrected chi connectivity index (χ1v) is 23.2. The number of fused-ring (bicyclic) bond motifs is 23. The summed E-state index contributed by atoms with van der Waals surface area (Å²) in [5, 5.41) is 2.57. The smallest absolute Gasteiger partial charge is 0.0746 e. The van der Waals surface area contributed by atoms with Crippen molar-refractivity contribution >= 4 is 48.6 Å². The zero-order chi connectivity index (χ0) is 41.7. The molecule has 4 aliphatic rings. The van der Waals surface area contributed by atoms with Crippen LogP contribution in [0.3, 0.4) is 0 Å². The maximum atomic E-state index is 2.64. The predicted octanol–water partition coefficient (Wildman–Crippen LogP) is 16.2. The Hall–Kier alpha value is -7.78. The van der Waals surface area contributed by atoms with Crippen molar-refractivity contribution in [1.82, 2.24) is 0 Å². The van der Waals surface area contributed by atoms with E-state index in [4.69, 9.17) is 0 Å². The summed E-state index contributed by atoms with van der Waals surface area (Å²) < 4.78 is 2.59. The Morgan fingerprint density at radius 3 is 1.27 bits per heavy atom. The molecule has 0 amide bonds. The van der Waals surface area contributed by atoms with Crippen LogP contribution in [0, 0.1) is 0 Å². The Morgan fingerprint density at radius 1 is 0.297 bits per heavy atom. The molecule has 0 N–H and O–H groups in total. The fourth-order valence-corrected chi connectivity index (χ4v) is 14.0. The Kier molecular flexibility index (Phi) is 6.76. The highest BCUT2D eigenvalue weighted by Crippen LogP contribution is 2.67. The van der Waals surface area contributed by atoms with Gasteiger partial charge in [0.2, 0.25) is 0 Å². The van der Waals surface area contributed by atoms with Crippen LogP contribution in [-0.2, 0) is 10.8 Å². The van der Waals surface area contributed by atoms with Crippen LogP contribution >= 0.6 is 11.3 Å². The SMILES string of the molecule is c1ccc2c(c1)-c1ccccc1C21c2ccccc2-c2ccc(N(c3cccc4c3C3(c5ccccc5-c5ccccc53)c3ccccc3-4)c3cccc4sc5ccccc5c34)cc21. The van der Waals surface area contributed by atoms with Crippen molar-refractivity contribution in [1.29, 1.82) is 0 Å². The van der Waals surface area contributed by atoms with Crippen LogP contribution in [0.2, 0.25) is 0 Å². The number of hydrogen-bond donors (Lipinski definition) is 0. The van der Waals surface area contributed by atoms with Crippen LogP contribution in [0.5, 0.6) is 0 Å². The monoisotopic (exact) mass is 827 g/mol. The molecule has 0 aliphatic heterocycles. The molecule has 0 fully saturated rings. The molecule has 1 heterocycles. The molecule has 64 heavy (non-hydrogen) atoms. The molecule has 1 aromatic heterocycles. The van der Waals surface area contributed by atoms with Crippen LogP contribution in [0.4, 0.5) is 17.1 Å². The fourth-order valence-electron chi connectivity index (χ4n) is 12.9. The summed E-state index contributed by atoms with van der Waals surface area (Å²) in [6.45, 7) is 0. The quantitative estimate of drug-likeness (QED) is 0.171. The molecular formula is C62H37NS. The van der Waals surface area contributed by atoms with Crippen LogP contribution in [0.1, 0.15) is 44.5 Å². The molecule has 4 aliphatic carbocycles. The summed E-state index contributed by atoms with van der Waals surface area (Å²) >= 11 is 1.88. The molecule has 0 saturated carbocycles. The highest BCUT2D eigenvalue weighted by molar-refractivity contribution is 7.26. The molecule has 2 spiro atoms. The largest absolute Gasteiger partial charge is 0.309 e. The lowest BCUT2D eigenvalue weighted by atomic mass is 9.69. The molecule has 2 heteroatoms. The molecule has 1 nitrogen and oxygen atoms in total. The van der Waals surface area contributed by atoms with Gasteiger partial charge in [-0.3, -0.25) is 0 Å². The average Bonchev–Trinajstić information content (AvgIpc) is 4.13. The summed E-state index contributed by atoms with van der Waals surface area (Å²) in [5.41, 5.74) is 23.7. The van der Waals surface area contributed by atoms with Gasteiger partial charge in [-0.2, -0.15) is 0 Å². The van der Waals surface area contributed by atoms with Gasteiger partial charge in [-0.25, -0.2) is 0 Å². The van der Waals surface area contributed by atoms with Gasteiger partial charge < -0.3 is 4.90 Å². The maximum Gasteiger partial charge on any atom is 0.0746 e. The number of hydrogen-bond acceptors (Lipinski definition) is 2. The van der Waals surface area contributed by atoms with Gasteiger partial charge in [0.15, 0.2) is 0 Å². The van der Waals surface area contributed by atoms with E-state index in [1.165, 1.54) is 121 Å². The number of thiophene rings is 1. The first kappa shape index (κ1) is 34.8. The van der Waals surface area contributed by atoms with E-state index in [9.17, 15) is 0 Å². The Bertz CT molecular complexity index is 3700. The lowest BCUT2D eigenvalue weighted by Gasteiger charge is -2.36. The third kappa shape index (κ3) is 4.07. The maximum absolute atomic E-state index is 2.64. The Labute approximate surface area is 375 Å². The molecule has 0 unspecified atom stereocenters. The van der Waals surface area contributed by atoms with E-state index in [0.717, 1.165) is 5.69 Å². The lowest BCUT2D eigenvalue weighted by molar-refractivity contribution is 0.790. The molecule has 10 aromatic carbocycles. The topological polar surface area (TPSA) is 3.24 Å². The van der Waals surface area contributed by atoms with E-state index < -0.39 is 10.8 Å². The average molecular weight is 828 g/mol. The zero-order valence-electron chi connectivity index (χ0n) is 34.7. The second kappa shape index (κ2) is 12.4. The second-order valence-electron chi connectivity index (χ2n) is 17.8. The van der Waals surface area contributed by atoms with Gasteiger partial charge in [-0.1, -0.05) is 188 Å². The van der Waals surface area contributed by atoms with Crippen LogP contribution in [-0.4, -0.2) is 0 Å². The van der Waals surface area contributed by atoms with Gasteiger partial charge in [0.25, 0.3) is 0 Å². The molecule has 0 saturated heterocycles. The van der Waals surface area contributed by atoms with Crippen molar-refractivity contribution in [2.75, 3.05) is 4.90 Å². The van der Waals surface area contributed by atoms with Crippen molar-refractivity contribution in [3.63, 3.8) is 0 Å². The number of rotatable bonds is 3. The van der Waals surface area contributed by atoms with E-state index in [-0.39, 0.29) is 0 Å². The normalized spacial score (nSPS) is 14.5. The van der Waals surface area contributed by atoms with E-state index in [2.05, 4.69) is 229 Å². The van der Waals surface area contributed by atoms with Gasteiger partial charge >= 0.3 is 0 Å². The Balaban J connectivity index is 1.09. The van der Waals surface area contributed by atoms with Gasteiger partial charge in [0.05, 0.1) is 22.2 Å². The summed E-state index contributed by atoms with van der Waals surface area (Å²) in [7, 11) is 0. The summed E-state index contributed by atoms with van der Waals surface area (Å²) in [4.78, 5) is 2.64. The van der Waals surface area contributed by atoms with Gasteiger partial charge in [0.1, 0.15) is 0 Å². The molecular weight excluding hydrogens is 791 g/mol. The molecule has 11 aromatic rings. The van der Waals surface area contributed by atoms with E-state index in [1.54, 1.807) is 0 Å². The van der Waals surface area contributed by atoms with Crippen LogP contribution in [0.25, 0.3) is 64.7 Å². The molecule has 0 radical (unpaired) electrons. The van der Waals surface area contributed by atoms with Crippen molar-refractivity contribution in [3.05, 3.63) is 269 Å². The molecule has 15 rings (SSSR count). The minimum Gasteiger partial charge on any atom is -0.309 e. The highest BCUT2D eigenvalue weighted by Gasteiger charge is 2.54. The van der Waals surface area contributed by atoms with Crippen molar-refractivity contribution in [2.24, 2.45) is 0 Å². The number of nitrogens with zero attached hydrogens (tertiary/aromatic N) is 1. The van der Waals surface area contributed by atoms with Crippen LogP contribution in [0.15, 0.2) is 224 Å². The number of benzene rings is 10. The molecule has 0 atom stereocenters. The van der Waals surface area contributed by atoms with Gasteiger partial charge in [0, 0.05) is 31.4 Å². The first-order valence-electron chi connectivity index (χ1n) is 22.3. The first-order chi connectivity index (χ1) is 31.8. The summed E-state index contributed by atoms with van der Waals surface area (Å²) in [6.07, 6.45) is 0. The Morgan fingerprint density at radius 2 is 0.703 bits per heavy atom. The van der Waals surface area contributed by atoms with Crippen molar-refractivity contribution in [3.8, 4) is 44.5 Å². The second-order valence-corrected chi connectivity index (χ2v) is 18.9. The third-order valence-corrected chi connectivity index (χ3v) is 16.2. The van der Waals surface area contributed by atoms with E-state index >= 15 is 0 Å². The minimum absolute atomic E-state index is 0.471. The summed E-state index contributed by atoms with van der Waals surface area (Å²) in [5.74, 6) is 0. The van der Waals surface area contributed by atoms with Crippen molar-refractivity contribution < 1.29 is 0 Å². The standard InChI is InChI=1S/C62H37NS/c1-8-25-48-39(17-1)40-18-2-9-26-49(40)61(48)50-27-10-3-21-43(50)45-36-35-38(37-54(45)61)63(55-31-16-34-58-59(55)47-23-7-14-33-57(47)64-58)56-32-15-24-46-44-22-6-13-30-53(44)62(60(46)56)51-28-11-4-19-41(51)42-20-5-12-29-52(42)62/h1-37H.